The Morgan fingerprint density at radius 3 is 2.88 bits per heavy atom. The Balaban J connectivity index is 2.01. The average molecular weight is 340 g/mol. The lowest BCUT2D eigenvalue weighted by atomic mass is 10.2. The molecular formula is C14H12N8O3. The molecule has 0 radical (unpaired) electrons. The van der Waals surface area contributed by atoms with Crippen LogP contribution in [0.4, 0.5) is 11.6 Å². The summed E-state index contributed by atoms with van der Waals surface area (Å²) in [5.74, 6) is 0.747. The van der Waals surface area contributed by atoms with Crippen molar-refractivity contribution in [3.63, 3.8) is 0 Å². The van der Waals surface area contributed by atoms with Gasteiger partial charge in [-0.05, 0) is 13.8 Å². The summed E-state index contributed by atoms with van der Waals surface area (Å²) in [5, 5.41) is 0.925. The molecule has 0 saturated heterocycles. The van der Waals surface area contributed by atoms with Gasteiger partial charge in [-0.3, -0.25) is 10.4 Å². The maximum Gasteiger partial charge on any atom is 0.371 e. The number of anilines is 2. The standard InChI is InChI=1S/C14H12N8O3/c1-5-6(2)25-12-8(5)9(15)18-14(24)22(12)21-11-7-3-16-4-17-10(7)19-13(23)20-11/h3-4H,1-2H3,(H2,15,18,24)(H2,16,17,19,20,21,23). The first-order valence-electron chi connectivity index (χ1n) is 7.21. The maximum atomic E-state index is 12.3. The predicted octanol–water partition coefficient (Wildman–Crippen LogP) is 0.0902. The number of hydrogen-bond acceptors (Lipinski definition) is 9. The first kappa shape index (κ1) is 14.8. The van der Waals surface area contributed by atoms with Crippen LogP contribution in [0.15, 0.2) is 26.5 Å². The van der Waals surface area contributed by atoms with Crippen molar-refractivity contribution in [2.45, 2.75) is 13.8 Å². The highest BCUT2D eigenvalue weighted by Gasteiger charge is 2.18. The molecule has 4 aromatic rings. The van der Waals surface area contributed by atoms with Gasteiger partial charge in [-0.15, -0.1) is 0 Å². The Kier molecular flexibility index (Phi) is 3.03. The molecule has 4 aromatic heterocycles. The fourth-order valence-corrected chi connectivity index (χ4v) is 2.55. The number of hydrogen-bond donors (Lipinski definition) is 3. The van der Waals surface area contributed by atoms with Crippen molar-refractivity contribution in [3.8, 4) is 0 Å². The number of fused-ring (bicyclic) bond motifs is 2. The van der Waals surface area contributed by atoms with E-state index in [1.165, 1.54) is 12.5 Å². The summed E-state index contributed by atoms with van der Waals surface area (Å²) in [6.45, 7) is 3.56. The van der Waals surface area contributed by atoms with E-state index in [1.54, 1.807) is 6.92 Å². The highest BCUT2D eigenvalue weighted by molar-refractivity contribution is 5.90. The fourth-order valence-electron chi connectivity index (χ4n) is 2.55. The minimum Gasteiger partial charge on any atom is -0.442 e. The van der Waals surface area contributed by atoms with Crippen molar-refractivity contribution < 1.29 is 4.42 Å². The normalized spacial score (nSPS) is 11.3. The summed E-state index contributed by atoms with van der Waals surface area (Å²) < 4.78 is 6.68. The van der Waals surface area contributed by atoms with Crippen molar-refractivity contribution in [2.75, 3.05) is 11.2 Å². The van der Waals surface area contributed by atoms with E-state index < -0.39 is 11.4 Å². The number of nitrogens with zero attached hydrogens (tertiary/aromatic N) is 5. The monoisotopic (exact) mass is 340 g/mol. The third-order valence-corrected chi connectivity index (χ3v) is 3.86. The Morgan fingerprint density at radius 2 is 2.08 bits per heavy atom. The van der Waals surface area contributed by atoms with Gasteiger partial charge in [0, 0.05) is 11.8 Å². The second-order valence-corrected chi connectivity index (χ2v) is 5.37. The van der Waals surface area contributed by atoms with Crippen molar-refractivity contribution in [3.05, 3.63) is 44.8 Å². The molecule has 4 heterocycles. The van der Waals surface area contributed by atoms with Crippen LogP contribution in [0.1, 0.15) is 11.3 Å². The molecule has 4 rings (SSSR count). The zero-order chi connectivity index (χ0) is 17.7. The molecule has 0 fully saturated rings. The summed E-state index contributed by atoms with van der Waals surface area (Å²) in [6, 6.07) is 0. The van der Waals surface area contributed by atoms with Gasteiger partial charge >= 0.3 is 11.4 Å². The number of aromatic amines is 1. The molecule has 0 aliphatic rings. The Hall–Kier alpha value is -3.76. The summed E-state index contributed by atoms with van der Waals surface area (Å²) in [5.41, 5.74) is 8.48. The molecule has 0 aliphatic carbocycles. The molecule has 0 atom stereocenters. The molecule has 4 N–H and O–H groups in total. The number of furan rings is 1. The lowest BCUT2D eigenvalue weighted by Crippen LogP contribution is -2.31. The molecule has 0 spiro atoms. The maximum absolute atomic E-state index is 12.3. The summed E-state index contributed by atoms with van der Waals surface area (Å²) in [7, 11) is 0. The van der Waals surface area contributed by atoms with Crippen LogP contribution in [0, 0.1) is 13.8 Å². The van der Waals surface area contributed by atoms with Crippen molar-refractivity contribution >= 4 is 33.8 Å². The van der Waals surface area contributed by atoms with Gasteiger partial charge in [0.05, 0.1) is 10.8 Å². The van der Waals surface area contributed by atoms with E-state index in [0.29, 0.717) is 16.5 Å². The van der Waals surface area contributed by atoms with Gasteiger partial charge < -0.3 is 10.2 Å². The van der Waals surface area contributed by atoms with Crippen LogP contribution in [0.2, 0.25) is 0 Å². The van der Waals surface area contributed by atoms with E-state index in [4.69, 9.17) is 10.2 Å². The Bertz CT molecular complexity index is 1250. The van der Waals surface area contributed by atoms with Crippen LogP contribution < -0.4 is 22.5 Å². The van der Waals surface area contributed by atoms with Crippen molar-refractivity contribution in [1.29, 1.82) is 0 Å². The number of nitrogens with one attached hydrogen (secondary N) is 2. The Morgan fingerprint density at radius 1 is 1.28 bits per heavy atom. The molecule has 0 bridgehead atoms. The van der Waals surface area contributed by atoms with Crippen molar-refractivity contribution in [1.82, 2.24) is 29.6 Å². The number of nitrogen functional groups attached to an aromatic ring is 1. The molecule has 25 heavy (non-hydrogen) atoms. The van der Waals surface area contributed by atoms with Gasteiger partial charge in [-0.1, -0.05) is 0 Å². The summed E-state index contributed by atoms with van der Waals surface area (Å²) in [4.78, 5) is 42.0. The van der Waals surface area contributed by atoms with Crippen LogP contribution in [-0.4, -0.2) is 29.6 Å². The molecule has 0 unspecified atom stereocenters. The smallest absolute Gasteiger partial charge is 0.371 e. The van der Waals surface area contributed by atoms with E-state index in [0.717, 1.165) is 10.2 Å². The molecule has 0 aliphatic heterocycles. The van der Waals surface area contributed by atoms with Gasteiger partial charge in [0.2, 0.25) is 5.71 Å². The van der Waals surface area contributed by atoms with Crippen LogP contribution in [0.5, 0.6) is 0 Å². The lowest BCUT2D eigenvalue weighted by molar-refractivity contribution is 0.546. The van der Waals surface area contributed by atoms with Gasteiger partial charge in [-0.25, -0.2) is 19.6 Å². The number of aromatic nitrogens is 6. The number of H-pyrrole nitrogens is 1. The molecule has 0 aromatic carbocycles. The second kappa shape index (κ2) is 5.12. The molecule has 11 nitrogen and oxygen atoms in total. The van der Waals surface area contributed by atoms with Crippen molar-refractivity contribution in [2.24, 2.45) is 0 Å². The van der Waals surface area contributed by atoms with Gasteiger partial charge in [0.25, 0.3) is 0 Å². The van der Waals surface area contributed by atoms with E-state index in [9.17, 15) is 9.59 Å². The van der Waals surface area contributed by atoms with Crippen LogP contribution in [-0.2, 0) is 0 Å². The molecule has 0 amide bonds. The number of rotatable bonds is 2. The molecule has 11 heteroatoms. The topological polar surface area (TPSA) is 158 Å². The molecule has 126 valence electrons. The zero-order valence-electron chi connectivity index (χ0n) is 13.2. The van der Waals surface area contributed by atoms with Crippen LogP contribution in [0.25, 0.3) is 22.1 Å². The number of nitrogens with two attached hydrogens (primary N) is 1. The van der Waals surface area contributed by atoms with E-state index >= 15 is 0 Å². The highest BCUT2D eigenvalue weighted by Crippen LogP contribution is 2.27. The zero-order valence-corrected chi connectivity index (χ0v) is 13.2. The average Bonchev–Trinajstić information content (AvgIpc) is 2.86. The largest absolute Gasteiger partial charge is 0.442 e. The Labute approximate surface area is 138 Å². The van der Waals surface area contributed by atoms with Crippen LogP contribution >= 0.6 is 0 Å². The predicted molar refractivity (Wildman–Crippen MR) is 89.1 cm³/mol. The minimum atomic E-state index is -0.703. The third kappa shape index (κ3) is 2.21. The van der Waals surface area contributed by atoms with E-state index in [-0.39, 0.29) is 23.0 Å². The summed E-state index contributed by atoms with van der Waals surface area (Å²) >= 11 is 0. The first-order valence-corrected chi connectivity index (χ1v) is 7.21. The number of aryl methyl sites for hydroxylation is 2. The minimum absolute atomic E-state index is 0.0689. The fraction of sp³-hybridized carbons (Fsp3) is 0.143. The second-order valence-electron chi connectivity index (χ2n) is 5.37. The molecular weight excluding hydrogens is 328 g/mol. The highest BCUT2D eigenvalue weighted by atomic mass is 16.4. The van der Waals surface area contributed by atoms with Gasteiger partial charge in [0.15, 0.2) is 5.82 Å². The van der Waals surface area contributed by atoms with E-state index in [1.807, 2.05) is 6.92 Å². The van der Waals surface area contributed by atoms with E-state index in [2.05, 4.69) is 30.3 Å². The van der Waals surface area contributed by atoms with Gasteiger partial charge in [0.1, 0.15) is 23.6 Å². The van der Waals surface area contributed by atoms with Gasteiger partial charge in [-0.2, -0.15) is 14.6 Å². The summed E-state index contributed by atoms with van der Waals surface area (Å²) in [6.07, 6.45) is 2.75. The molecule has 0 saturated carbocycles. The SMILES string of the molecule is Cc1oc2c(c(N)nc(=O)n2Nc2nc(=O)[nH]c3ncncc23)c1C. The first-order chi connectivity index (χ1) is 12.0. The van der Waals surface area contributed by atoms with Crippen LogP contribution in [0.3, 0.4) is 0 Å². The lowest BCUT2D eigenvalue weighted by Gasteiger charge is -2.10. The third-order valence-electron chi connectivity index (χ3n) is 3.86. The quantitative estimate of drug-likeness (QED) is 0.460.